The van der Waals surface area contributed by atoms with Gasteiger partial charge in [-0.05, 0) is 12.1 Å². The highest BCUT2D eigenvalue weighted by Crippen LogP contribution is 2.18. The van der Waals surface area contributed by atoms with Gasteiger partial charge in [0.05, 0.1) is 6.67 Å². The van der Waals surface area contributed by atoms with Crippen LogP contribution in [0.5, 0.6) is 0 Å². The fourth-order valence-electron chi connectivity index (χ4n) is 1.55. The van der Waals surface area contributed by atoms with Crippen LogP contribution in [0.25, 0.3) is 0 Å². The molecule has 0 atom stereocenters. The Morgan fingerprint density at radius 3 is 2.92 bits per heavy atom. The molecule has 0 amide bonds. The minimum absolute atomic E-state index is 0.645. The maximum atomic E-state index is 10.6. The molecule has 1 aliphatic heterocycles. The second kappa shape index (κ2) is 3.58. The molecule has 1 fully saturated rings. The molecule has 0 spiro atoms. The van der Waals surface area contributed by atoms with Gasteiger partial charge in [0.2, 0.25) is 6.29 Å². The predicted octanol–water partition coefficient (Wildman–Crippen LogP) is 0.511. The van der Waals surface area contributed by atoms with Crippen molar-refractivity contribution >= 4 is 12.0 Å². The molecule has 1 N–H and O–H groups in total. The highest BCUT2D eigenvalue weighted by molar-refractivity contribution is 5.84. The number of hydrogen-bond donors (Lipinski definition) is 1. The van der Waals surface area contributed by atoms with E-state index in [2.05, 4.69) is 10.2 Å². The predicted molar refractivity (Wildman–Crippen MR) is 51.5 cm³/mol. The van der Waals surface area contributed by atoms with E-state index in [0.717, 1.165) is 25.4 Å². The normalized spacial score (nSPS) is 16.2. The highest BCUT2D eigenvalue weighted by atomic mass is 16.1. The van der Waals surface area contributed by atoms with E-state index in [9.17, 15) is 4.79 Å². The quantitative estimate of drug-likeness (QED) is 0.711. The first kappa shape index (κ1) is 8.26. The number of hydrogen-bond acceptors (Lipinski definition) is 3. The first-order chi connectivity index (χ1) is 6.42. The van der Waals surface area contributed by atoms with Crippen molar-refractivity contribution in [3.63, 3.8) is 0 Å². The van der Waals surface area contributed by atoms with Crippen LogP contribution in [-0.4, -0.2) is 26.0 Å². The number of para-hydroxylation sites is 1. The Labute approximate surface area is 77.4 Å². The first-order valence-electron chi connectivity index (χ1n) is 4.34. The Bertz CT molecular complexity index is 306. The average Bonchev–Trinajstić information content (AvgIpc) is 2.70. The first-order valence-corrected chi connectivity index (χ1v) is 4.34. The van der Waals surface area contributed by atoms with Gasteiger partial charge in [0, 0.05) is 24.3 Å². The average molecular weight is 175 g/mol. The zero-order chi connectivity index (χ0) is 9.10. The lowest BCUT2D eigenvalue weighted by atomic mass is 10.2. The smallest absolute Gasteiger partial charge is 0.235 e. The molecule has 0 aromatic heterocycles. The standard InChI is InChI=1S/C10H11N2O/c13-7-9-3-1-2-4-10(9)12-6-5-11-8-12/h1-4,11H,5-6,8H2. The molecule has 0 saturated carbocycles. The molecular formula is C10H11N2O. The molecule has 1 aliphatic rings. The van der Waals surface area contributed by atoms with E-state index in [0.29, 0.717) is 5.56 Å². The molecule has 0 unspecified atom stereocenters. The highest BCUT2D eigenvalue weighted by Gasteiger charge is 2.14. The van der Waals surface area contributed by atoms with E-state index in [4.69, 9.17) is 0 Å². The van der Waals surface area contributed by atoms with E-state index in [1.165, 1.54) is 0 Å². The van der Waals surface area contributed by atoms with E-state index >= 15 is 0 Å². The van der Waals surface area contributed by atoms with E-state index in [1.54, 1.807) is 6.07 Å². The monoisotopic (exact) mass is 175 g/mol. The zero-order valence-electron chi connectivity index (χ0n) is 7.29. The Kier molecular flexibility index (Phi) is 2.27. The van der Waals surface area contributed by atoms with E-state index < -0.39 is 0 Å². The molecule has 1 heterocycles. The van der Waals surface area contributed by atoms with E-state index in [-0.39, 0.29) is 0 Å². The van der Waals surface area contributed by atoms with Gasteiger partial charge in [0.15, 0.2) is 0 Å². The molecule has 2 rings (SSSR count). The van der Waals surface area contributed by atoms with Crippen molar-refractivity contribution in [2.24, 2.45) is 0 Å². The van der Waals surface area contributed by atoms with Crippen molar-refractivity contribution in [3.8, 4) is 0 Å². The van der Waals surface area contributed by atoms with Gasteiger partial charge in [0.1, 0.15) is 0 Å². The maximum absolute atomic E-state index is 10.6. The Morgan fingerprint density at radius 2 is 2.23 bits per heavy atom. The summed E-state index contributed by atoms with van der Waals surface area (Å²) in [4.78, 5) is 12.8. The van der Waals surface area contributed by atoms with Crippen molar-refractivity contribution < 1.29 is 4.79 Å². The summed E-state index contributed by atoms with van der Waals surface area (Å²) in [6.07, 6.45) is 1.95. The van der Waals surface area contributed by atoms with Crippen LogP contribution < -0.4 is 10.2 Å². The minimum atomic E-state index is 0.645. The van der Waals surface area contributed by atoms with Crippen molar-refractivity contribution in [2.45, 2.75) is 0 Å². The van der Waals surface area contributed by atoms with Crippen LogP contribution in [0, 0.1) is 0 Å². The summed E-state index contributed by atoms with van der Waals surface area (Å²) >= 11 is 0. The lowest BCUT2D eigenvalue weighted by molar-refractivity contribution is 0.562. The Morgan fingerprint density at radius 1 is 1.38 bits per heavy atom. The third-order valence-corrected chi connectivity index (χ3v) is 2.22. The van der Waals surface area contributed by atoms with Gasteiger partial charge in [-0.15, -0.1) is 0 Å². The lowest BCUT2D eigenvalue weighted by Crippen LogP contribution is -2.22. The molecule has 0 bridgehead atoms. The summed E-state index contributed by atoms with van der Waals surface area (Å²) in [5.41, 5.74) is 1.62. The molecule has 1 aromatic rings. The summed E-state index contributed by atoms with van der Waals surface area (Å²) in [5.74, 6) is 0. The van der Waals surface area contributed by atoms with Gasteiger partial charge in [-0.1, -0.05) is 12.1 Å². The zero-order valence-corrected chi connectivity index (χ0v) is 7.29. The van der Waals surface area contributed by atoms with Gasteiger partial charge in [0.25, 0.3) is 0 Å². The summed E-state index contributed by atoms with van der Waals surface area (Å²) < 4.78 is 0. The van der Waals surface area contributed by atoms with Crippen LogP contribution in [-0.2, 0) is 4.79 Å². The SMILES string of the molecule is O=[C]c1ccccc1N1CCNC1. The summed E-state index contributed by atoms with van der Waals surface area (Å²) in [5, 5.41) is 3.22. The lowest BCUT2D eigenvalue weighted by Gasteiger charge is -2.17. The summed E-state index contributed by atoms with van der Waals surface area (Å²) in [6.45, 7) is 2.75. The molecule has 3 nitrogen and oxygen atoms in total. The molecule has 13 heavy (non-hydrogen) atoms. The number of rotatable bonds is 2. The second-order valence-electron chi connectivity index (χ2n) is 3.04. The van der Waals surface area contributed by atoms with Crippen LogP contribution in [0.1, 0.15) is 5.56 Å². The van der Waals surface area contributed by atoms with Gasteiger partial charge < -0.3 is 4.90 Å². The fraction of sp³-hybridized carbons (Fsp3) is 0.300. The van der Waals surface area contributed by atoms with Gasteiger partial charge in [-0.2, -0.15) is 0 Å². The molecule has 3 heteroatoms. The van der Waals surface area contributed by atoms with Crippen molar-refractivity contribution in [2.75, 3.05) is 24.7 Å². The summed E-state index contributed by atoms with van der Waals surface area (Å²) in [6, 6.07) is 7.54. The third kappa shape index (κ3) is 1.55. The van der Waals surface area contributed by atoms with Crippen LogP contribution in [0.4, 0.5) is 5.69 Å². The molecule has 1 saturated heterocycles. The van der Waals surface area contributed by atoms with Gasteiger partial charge in [-0.3, -0.25) is 10.1 Å². The third-order valence-electron chi connectivity index (χ3n) is 2.22. The molecular weight excluding hydrogens is 164 g/mol. The van der Waals surface area contributed by atoms with Gasteiger partial charge in [-0.25, -0.2) is 0 Å². The van der Waals surface area contributed by atoms with Gasteiger partial charge >= 0.3 is 0 Å². The second-order valence-corrected chi connectivity index (χ2v) is 3.04. The maximum Gasteiger partial charge on any atom is 0.235 e. The number of nitrogens with one attached hydrogen (secondary N) is 1. The summed E-state index contributed by atoms with van der Waals surface area (Å²) in [7, 11) is 0. The van der Waals surface area contributed by atoms with E-state index in [1.807, 2.05) is 24.5 Å². The minimum Gasteiger partial charge on any atom is -0.357 e. The number of benzene rings is 1. The Balaban J connectivity index is 2.31. The van der Waals surface area contributed by atoms with Crippen LogP contribution in [0.15, 0.2) is 24.3 Å². The topological polar surface area (TPSA) is 32.3 Å². The number of carbonyl (C=O) groups excluding carboxylic acids is 1. The molecule has 1 radical (unpaired) electrons. The van der Waals surface area contributed by atoms with Crippen LogP contribution in [0.2, 0.25) is 0 Å². The van der Waals surface area contributed by atoms with Crippen molar-refractivity contribution in [3.05, 3.63) is 29.8 Å². The largest absolute Gasteiger partial charge is 0.357 e. The molecule has 1 aromatic carbocycles. The van der Waals surface area contributed by atoms with Crippen LogP contribution in [0.3, 0.4) is 0 Å². The molecule has 0 aliphatic carbocycles. The Hall–Kier alpha value is -1.35. The van der Waals surface area contributed by atoms with Crippen LogP contribution >= 0.6 is 0 Å². The number of anilines is 1. The molecule has 67 valence electrons. The van der Waals surface area contributed by atoms with Crippen molar-refractivity contribution in [1.82, 2.24) is 5.32 Å². The van der Waals surface area contributed by atoms with Crippen molar-refractivity contribution in [1.29, 1.82) is 0 Å². The fourth-order valence-corrected chi connectivity index (χ4v) is 1.55. The number of nitrogens with zero attached hydrogens (tertiary/aromatic N) is 1.